The van der Waals surface area contributed by atoms with Gasteiger partial charge in [-0.2, -0.15) is 0 Å². The minimum atomic E-state index is -2.89. The largest absolute Gasteiger partial charge is 0.539 e. The number of carbonyl (C=O) groups is 1. The number of esters is 1. The average molecular weight is 312 g/mol. The van der Waals surface area contributed by atoms with Crippen molar-refractivity contribution >= 4 is 20.8 Å². The van der Waals surface area contributed by atoms with Gasteiger partial charge < -0.3 is 22.8 Å². The number of rotatable bonds is 8. The molecule has 0 aliphatic heterocycles. The Bertz CT molecular complexity index is 459. The topological polar surface area (TPSA) is 63.2 Å². The molecule has 0 heterocycles. The molecule has 0 atom stereocenters. The van der Waals surface area contributed by atoms with E-state index in [0.29, 0.717) is 0 Å². The van der Waals surface area contributed by atoms with Gasteiger partial charge in [-0.3, -0.25) is 0 Å². The highest BCUT2D eigenvalue weighted by Gasteiger charge is 2.39. The van der Waals surface area contributed by atoms with E-state index in [2.05, 4.69) is 0 Å². The van der Waals surface area contributed by atoms with Crippen molar-refractivity contribution in [1.82, 2.24) is 0 Å². The van der Waals surface area contributed by atoms with E-state index >= 15 is 0 Å². The lowest BCUT2D eigenvalue weighted by atomic mass is 10.2. The van der Waals surface area contributed by atoms with Gasteiger partial charge in [0.15, 0.2) is 6.23 Å². The van der Waals surface area contributed by atoms with Crippen LogP contribution in [-0.2, 0) is 22.8 Å². The molecule has 1 aromatic carbocycles. The van der Waals surface area contributed by atoms with Crippen LogP contribution in [-0.4, -0.2) is 49.4 Å². The quantitative estimate of drug-likeness (QED) is 0.413. The van der Waals surface area contributed by atoms with Crippen molar-refractivity contribution in [2.75, 3.05) is 34.7 Å². The summed E-state index contributed by atoms with van der Waals surface area (Å²) in [6.45, 7) is 0. The Kier molecular flexibility index (Phi) is 7.10. The van der Waals surface area contributed by atoms with Crippen molar-refractivity contribution in [3.8, 4) is 5.75 Å². The molecular weight excluding hydrogens is 292 g/mol. The third-order valence-corrected chi connectivity index (χ3v) is 5.22. The van der Waals surface area contributed by atoms with Crippen molar-refractivity contribution in [1.29, 1.82) is 0 Å². The zero-order valence-corrected chi connectivity index (χ0v) is 13.6. The van der Waals surface area contributed by atoms with Crippen LogP contribution in [0.5, 0.6) is 5.75 Å². The molecule has 21 heavy (non-hydrogen) atoms. The Balaban J connectivity index is 2.54. The first kappa shape index (κ1) is 17.4. The van der Waals surface area contributed by atoms with Crippen LogP contribution in [0, 0.1) is 0 Å². The van der Waals surface area contributed by atoms with Gasteiger partial charge in [0.1, 0.15) is 5.75 Å². The Morgan fingerprint density at radius 2 is 1.62 bits per heavy atom. The van der Waals surface area contributed by atoms with Gasteiger partial charge in [0, 0.05) is 27.4 Å². The molecule has 6 nitrogen and oxygen atoms in total. The van der Waals surface area contributed by atoms with Gasteiger partial charge in [0.05, 0.1) is 7.11 Å². The predicted molar refractivity (Wildman–Crippen MR) is 79.8 cm³/mol. The van der Waals surface area contributed by atoms with Gasteiger partial charge in [-0.15, -0.1) is 0 Å². The molecule has 0 aromatic heterocycles. The summed E-state index contributed by atoms with van der Waals surface area (Å²) in [5, 5.41) is 0. The Labute approximate surface area is 125 Å². The summed E-state index contributed by atoms with van der Waals surface area (Å²) >= 11 is 0. The summed E-state index contributed by atoms with van der Waals surface area (Å²) in [6, 6.07) is 7.29. The van der Waals surface area contributed by atoms with Crippen LogP contribution in [0.15, 0.2) is 30.3 Å². The smallest absolute Gasteiger partial charge is 0.497 e. The van der Waals surface area contributed by atoms with Crippen LogP contribution >= 0.6 is 0 Å². The lowest BCUT2D eigenvalue weighted by Gasteiger charge is -2.23. The van der Waals surface area contributed by atoms with Gasteiger partial charge in [0.25, 0.3) is 0 Å². The number of benzene rings is 1. The maximum atomic E-state index is 11.7. The Hall–Kier alpha value is -1.67. The molecule has 0 spiro atoms. The second-order valence-electron chi connectivity index (χ2n) is 4.01. The second kappa shape index (κ2) is 8.58. The lowest BCUT2D eigenvalue weighted by Crippen LogP contribution is -2.48. The fourth-order valence-electron chi connectivity index (χ4n) is 1.51. The van der Waals surface area contributed by atoms with Crippen molar-refractivity contribution in [2.24, 2.45) is 0 Å². The van der Waals surface area contributed by atoms with Gasteiger partial charge in [-0.05, 0) is 23.8 Å². The molecule has 0 fully saturated rings. The number of ether oxygens (including phenoxy) is 2. The van der Waals surface area contributed by atoms with Crippen LogP contribution < -0.4 is 4.74 Å². The first-order valence-electron chi connectivity index (χ1n) is 6.23. The van der Waals surface area contributed by atoms with E-state index in [1.165, 1.54) is 27.4 Å². The van der Waals surface area contributed by atoms with Crippen molar-refractivity contribution in [3.63, 3.8) is 0 Å². The molecule has 116 valence electrons. The van der Waals surface area contributed by atoms with Gasteiger partial charge in [-0.25, -0.2) is 4.79 Å². The normalized spacial score (nSPS) is 11.6. The number of hydrogen-bond acceptors (Lipinski definition) is 6. The molecular formula is C14H20O6Si. The standard InChI is InChI=1S/C14H20O6Si/c1-16-13-8-5-12(6-9-13)7-10-14(15)20-11-21(17-2,18-3)19-4/h5-10H,11H2,1-4H3/b10-7+. The summed E-state index contributed by atoms with van der Waals surface area (Å²) in [6.07, 6.45) is 2.95. The Morgan fingerprint density at radius 3 is 2.10 bits per heavy atom. The summed E-state index contributed by atoms with van der Waals surface area (Å²) in [7, 11) is 3.08. The monoisotopic (exact) mass is 312 g/mol. The summed E-state index contributed by atoms with van der Waals surface area (Å²) in [5.41, 5.74) is 0.862. The summed E-state index contributed by atoms with van der Waals surface area (Å²) in [4.78, 5) is 11.7. The van der Waals surface area contributed by atoms with E-state index in [1.807, 2.05) is 24.3 Å². The predicted octanol–water partition coefficient (Wildman–Crippen LogP) is 1.67. The number of hydrogen-bond donors (Lipinski definition) is 0. The molecule has 0 saturated carbocycles. The maximum Gasteiger partial charge on any atom is 0.539 e. The van der Waals surface area contributed by atoms with Gasteiger partial charge in [-0.1, -0.05) is 12.1 Å². The molecule has 0 N–H and O–H groups in total. The van der Waals surface area contributed by atoms with E-state index in [4.69, 9.17) is 22.8 Å². The Morgan fingerprint density at radius 1 is 1.05 bits per heavy atom. The van der Waals surface area contributed by atoms with Crippen LogP contribution in [0.1, 0.15) is 5.56 Å². The molecule has 0 radical (unpaired) electrons. The highest BCUT2D eigenvalue weighted by atomic mass is 28.4. The van der Waals surface area contributed by atoms with Crippen LogP contribution in [0.2, 0.25) is 0 Å². The number of methoxy groups -OCH3 is 1. The third-order valence-electron chi connectivity index (χ3n) is 2.85. The molecule has 7 heteroatoms. The van der Waals surface area contributed by atoms with E-state index < -0.39 is 14.8 Å². The third kappa shape index (κ3) is 5.31. The molecule has 0 aliphatic carbocycles. The van der Waals surface area contributed by atoms with E-state index in [9.17, 15) is 4.79 Å². The fraction of sp³-hybridized carbons (Fsp3) is 0.357. The molecule has 0 unspecified atom stereocenters. The molecule has 1 rings (SSSR count). The van der Waals surface area contributed by atoms with Crippen LogP contribution in [0.25, 0.3) is 6.08 Å². The minimum Gasteiger partial charge on any atom is -0.497 e. The van der Waals surface area contributed by atoms with E-state index in [0.717, 1.165) is 11.3 Å². The minimum absolute atomic E-state index is 0.0394. The van der Waals surface area contributed by atoms with Gasteiger partial charge >= 0.3 is 14.8 Å². The summed E-state index contributed by atoms with van der Waals surface area (Å²) in [5.74, 6) is 0.264. The first-order chi connectivity index (χ1) is 10.1. The molecule has 0 amide bonds. The number of carbonyl (C=O) groups excluding carboxylic acids is 1. The van der Waals surface area contributed by atoms with Crippen LogP contribution in [0.4, 0.5) is 0 Å². The van der Waals surface area contributed by atoms with E-state index in [1.54, 1.807) is 13.2 Å². The molecule has 0 saturated heterocycles. The molecule has 0 bridgehead atoms. The first-order valence-corrected chi connectivity index (χ1v) is 8.16. The fourth-order valence-corrected chi connectivity index (χ4v) is 2.69. The maximum absolute atomic E-state index is 11.7. The van der Waals surface area contributed by atoms with E-state index in [-0.39, 0.29) is 6.23 Å². The molecule has 1 aromatic rings. The average Bonchev–Trinajstić information content (AvgIpc) is 2.55. The van der Waals surface area contributed by atoms with Crippen molar-refractivity contribution in [3.05, 3.63) is 35.9 Å². The summed E-state index contributed by atoms with van der Waals surface area (Å²) < 4.78 is 25.6. The SMILES string of the molecule is COc1ccc(/C=C/C(=O)OC[Si](OC)(OC)OC)cc1. The van der Waals surface area contributed by atoms with Crippen LogP contribution in [0.3, 0.4) is 0 Å². The van der Waals surface area contributed by atoms with Crippen molar-refractivity contribution in [2.45, 2.75) is 0 Å². The highest BCUT2D eigenvalue weighted by molar-refractivity contribution is 6.60. The van der Waals surface area contributed by atoms with Crippen molar-refractivity contribution < 1.29 is 27.5 Å². The molecule has 0 aliphatic rings. The second-order valence-corrected chi connectivity index (χ2v) is 6.89. The zero-order valence-electron chi connectivity index (χ0n) is 12.6. The zero-order chi connectivity index (χ0) is 15.7. The van der Waals surface area contributed by atoms with Gasteiger partial charge in [0.2, 0.25) is 0 Å². The lowest BCUT2D eigenvalue weighted by molar-refractivity contribution is -0.137. The highest BCUT2D eigenvalue weighted by Crippen LogP contribution is 2.12.